The van der Waals surface area contributed by atoms with Gasteiger partial charge in [0.2, 0.25) is 5.91 Å². The van der Waals surface area contributed by atoms with Crippen molar-refractivity contribution < 1.29 is 19.4 Å². The number of esters is 1. The van der Waals surface area contributed by atoms with E-state index in [-0.39, 0.29) is 28.7 Å². The molecule has 2 N–H and O–H groups in total. The highest BCUT2D eigenvalue weighted by Crippen LogP contribution is 2.23. The number of aliphatic hydroxyl groups excluding tert-OH is 1. The van der Waals surface area contributed by atoms with Gasteiger partial charge in [0.15, 0.2) is 5.16 Å². The van der Waals surface area contributed by atoms with Gasteiger partial charge in [0.1, 0.15) is 0 Å². The number of rotatable bonds is 8. The summed E-state index contributed by atoms with van der Waals surface area (Å²) in [7, 11) is 1.27. The van der Waals surface area contributed by atoms with Crippen molar-refractivity contribution in [2.24, 2.45) is 0 Å². The molecule has 0 bridgehead atoms. The zero-order valence-electron chi connectivity index (χ0n) is 16.0. The Morgan fingerprint density at radius 1 is 1.43 bits per heavy atom. The fourth-order valence-corrected chi connectivity index (χ4v) is 3.43. The molecule has 0 saturated carbocycles. The van der Waals surface area contributed by atoms with E-state index >= 15 is 0 Å². The minimum atomic E-state index is -0.782. The number of methoxy groups -OCH3 is 1. The Kier molecular flexibility index (Phi) is 7.36. The van der Waals surface area contributed by atoms with Crippen molar-refractivity contribution in [2.45, 2.75) is 36.9 Å². The first-order valence-electron chi connectivity index (χ1n) is 8.64. The summed E-state index contributed by atoms with van der Waals surface area (Å²) in [5.41, 5.74) is 0.224. The van der Waals surface area contributed by atoms with Crippen LogP contribution in [0, 0.1) is 0 Å². The van der Waals surface area contributed by atoms with Crippen LogP contribution in [-0.2, 0) is 16.1 Å². The zero-order chi connectivity index (χ0) is 20.8. The van der Waals surface area contributed by atoms with Crippen LogP contribution in [0.1, 0.15) is 24.2 Å². The number of nitrogens with one attached hydrogen (secondary N) is 1. The Morgan fingerprint density at radius 2 is 2.14 bits per heavy atom. The highest BCUT2D eigenvalue weighted by Gasteiger charge is 2.20. The third kappa shape index (κ3) is 4.99. The fraction of sp³-hybridized carbons (Fsp3) is 0.368. The van der Waals surface area contributed by atoms with Gasteiger partial charge in [-0.05, 0) is 32.0 Å². The zero-order valence-corrected chi connectivity index (χ0v) is 16.8. The van der Waals surface area contributed by atoms with Crippen LogP contribution in [0.3, 0.4) is 0 Å². The molecule has 2 atom stereocenters. The Balaban J connectivity index is 2.53. The molecule has 1 aromatic heterocycles. The average molecular weight is 405 g/mol. The second-order valence-electron chi connectivity index (χ2n) is 6.18. The van der Waals surface area contributed by atoms with Gasteiger partial charge >= 0.3 is 5.97 Å². The maximum Gasteiger partial charge on any atom is 0.337 e. The summed E-state index contributed by atoms with van der Waals surface area (Å²) in [6.07, 6.45) is 0.789. The molecule has 0 spiro atoms. The van der Waals surface area contributed by atoms with E-state index in [4.69, 9.17) is 4.74 Å². The number of benzene rings is 1. The summed E-state index contributed by atoms with van der Waals surface area (Å²) in [5, 5.41) is 12.5. The number of amides is 1. The number of thioether (sulfide) groups is 1. The minimum Gasteiger partial charge on any atom is -0.465 e. The summed E-state index contributed by atoms with van der Waals surface area (Å²) in [6, 6.07) is 4.47. The van der Waals surface area contributed by atoms with Gasteiger partial charge < -0.3 is 15.2 Å². The lowest BCUT2D eigenvalue weighted by atomic mass is 10.1. The van der Waals surface area contributed by atoms with Crippen LogP contribution in [0.25, 0.3) is 10.9 Å². The van der Waals surface area contributed by atoms with E-state index in [1.807, 2.05) is 0 Å². The van der Waals surface area contributed by atoms with Crippen LogP contribution >= 0.6 is 11.8 Å². The van der Waals surface area contributed by atoms with Crippen molar-refractivity contribution >= 4 is 34.5 Å². The number of hydrogen-bond donors (Lipinski definition) is 2. The molecule has 1 amide bonds. The molecular formula is C19H23N3O5S. The standard InChI is InChI=1S/C19H23N3O5S/c1-5-8-20-16(24)12(3)28-19-21-15-9-13(18(26)27-4)6-7-14(15)17(25)22(19)10-11(2)23/h5-7,9,11-12,23H,1,8,10H2,2-4H3,(H,20,24)/t11-,12-/m0/s1. The molecule has 0 aliphatic heterocycles. The molecule has 0 aliphatic carbocycles. The van der Waals surface area contributed by atoms with Crippen molar-refractivity contribution in [1.82, 2.24) is 14.9 Å². The van der Waals surface area contributed by atoms with Gasteiger partial charge in [-0.25, -0.2) is 9.78 Å². The summed E-state index contributed by atoms with van der Waals surface area (Å²) >= 11 is 1.10. The van der Waals surface area contributed by atoms with Crippen molar-refractivity contribution in [3.63, 3.8) is 0 Å². The van der Waals surface area contributed by atoms with Gasteiger partial charge in [0, 0.05) is 6.54 Å². The van der Waals surface area contributed by atoms with Crippen molar-refractivity contribution in [3.05, 3.63) is 46.8 Å². The van der Waals surface area contributed by atoms with Crippen LogP contribution in [0.2, 0.25) is 0 Å². The number of carbonyl (C=O) groups excluding carboxylic acids is 2. The minimum absolute atomic E-state index is 0.0316. The lowest BCUT2D eigenvalue weighted by Gasteiger charge is -2.17. The summed E-state index contributed by atoms with van der Waals surface area (Å²) in [6.45, 7) is 7.17. The third-order valence-corrected chi connectivity index (χ3v) is 4.95. The van der Waals surface area contributed by atoms with E-state index in [2.05, 4.69) is 16.9 Å². The highest BCUT2D eigenvalue weighted by atomic mass is 32.2. The van der Waals surface area contributed by atoms with E-state index in [0.717, 1.165) is 11.8 Å². The Hall–Kier alpha value is -2.65. The number of carbonyl (C=O) groups is 2. The maximum atomic E-state index is 12.9. The van der Waals surface area contributed by atoms with Gasteiger partial charge in [-0.2, -0.15) is 0 Å². The summed E-state index contributed by atoms with van der Waals surface area (Å²) in [5.74, 6) is -0.769. The van der Waals surface area contributed by atoms with E-state index in [1.165, 1.54) is 29.9 Å². The number of fused-ring (bicyclic) bond motifs is 1. The van der Waals surface area contributed by atoms with Gasteiger partial charge in [-0.1, -0.05) is 17.8 Å². The van der Waals surface area contributed by atoms with Crippen LogP contribution in [0.4, 0.5) is 0 Å². The predicted molar refractivity (Wildman–Crippen MR) is 108 cm³/mol. The lowest BCUT2D eigenvalue weighted by molar-refractivity contribution is -0.120. The number of aliphatic hydroxyl groups is 1. The molecule has 9 heteroatoms. The van der Waals surface area contributed by atoms with Gasteiger partial charge in [-0.3, -0.25) is 14.2 Å². The fourth-order valence-electron chi connectivity index (χ4n) is 2.49. The van der Waals surface area contributed by atoms with E-state index in [1.54, 1.807) is 19.9 Å². The van der Waals surface area contributed by atoms with Crippen molar-refractivity contribution in [3.8, 4) is 0 Å². The summed E-state index contributed by atoms with van der Waals surface area (Å²) < 4.78 is 6.05. The van der Waals surface area contributed by atoms with Crippen LogP contribution < -0.4 is 10.9 Å². The molecule has 1 aromatic carbocycles. The highest BCUT2D eigenvalue weighted by molar-refractivity contribution is 8.00. The third-order valence-electron chi connectivity index (χ3n) is 3.86. The van der Waals surface area contributed by atoms with E-state index in [0.29, 0.717) is 17.4 Å². The molecule has 0 radical (unpaired) electrons. The topological polar surface area (TPSA) is 111 Å². The molecule has 150 valence electrons. The SMILES string of the molecule is C=CCNC(=O)[C@H](C)Sc1nc2cc(C(=O)OC)ccc2c(=O)n1C[C@H](C)O. The quantitative estimate of drug-likeness (QED) is 0.295. The largest absolute Gasteiger partial charge is 0.465 e. The molecular weight excluding hydrogens is 382 g/mol. The van der Waals surface area contributed by atoms with E-state index in [9.17, 15) is 19.5 Å². The van der Waals surface area contributed by atoms with E-state index < -0.39 is 17.3 Å². The Bertz CT molecular complexity index is 954. The first-order chi connectivity index (χ1) is 13.3. The molecule has 0 fully saturated rings. The normalized spacial score (nSPS) is 13.0. The lowest BCUT2D eigenvalue weighted by Crippen LogP contribution is -2.33. The number of nitrogens with zero attached hydrogens (tertiary/aromatic N) is 2. The van der Waals surface area contributed by atoms with Crippen molar-refractivity contribution in [1.29, 1.82) is 0 Å². The number of hydrogen-bond acceptors (Lipinski definition) is 7. The molecule has 1 heterocycles. The van der Waals surface area contributed by atoms with Gasteiger partial charge in [0.25, 0.3) is 5.56 Å². The van der Waals surface area contributed by atoms with Crippen LogP contribution in [0.5, 0.6) is 0 Å². The van der Waals surface area contributed by atoms with Gasteiger partial charge in [-0.15, -0.1) is 6.58 Å². The predicted octanol–water partition coefficient (Wildman–Crippen LogP) is 1.35. The van der Waals surface area contributed by atoms with Crippen LogP contribution in [0.15, 0.2) is 40.8 Å². The molecule has 2 aromatic rings. The second kappa shape index (κ2) is 9.52. The maximum absolute atomic E-state index is 12.9. The molecule has 0 aliphatic rings. The molecule has 0 unspecified atom stereocenters. The van der Waals surface area contributed by atoms with Crippen molar-refractivity contribution in [2.75, 3.05) is 13.7 Å². The second-order valence-corrected chi connectivity index (χ2v) is 7.48. The molecule has 8 nitrogen and oxygen atoms in total. The monoisotopic (exact) mass is 405 g/mol. The molecule has 28 heavy (non-hydrogen) atoms. The smallest absolute Gasteiger partial charge is 0.337 e. The Morgan fingerprint density at radius 3 is 2.75 bits per heavy atom. The Labute approximate surface area is 166 Å². The first kappa shape index (κ1) is 21.6. The molecule has 2 rings (SSSR count). The summed E-state index contributed by atoms with van der Waals surface area (Å²) in [4.78, 5) is 41.3. The molecule has 0 saturated heterocycles. The average Bonchev–Trinajstić information content (AvgIpc) is 2.67. The first-order valence-corrected chi connectivity index (χ1v) is 9.52. The van der Waals surface area contributed by atoms with Crippen LogP contribution in [-0.4, -0.2) is 51.5 Å². The number of aromatic nitrogens is 2. The van der Waals surface area contributed by atoms with Gasteiger partial charge in [0.05, 0.1) is 41.5 Å². The number of ether oxygens (including phenoxy) is 1.